The van der Waals surface area contributed by atoms with Crippen LogP contribution in [0.25, 0.3) is 0 Å². The van der Waals surface area contributed by atoms with E-state index < -0.39 is 17.8 Å². The molecule has 0 aliphatic carbocycles. The predicted molar refractivity (Wildman–Crippen MR) is 115 cm³/mol. The van der Waals surface area contributed by atoms with Crippen molar-refractivity contribution < 1.29 is 14.3 Å². The van der Waals surface area contributed by atoms with E-state index in [-0.39, 0.29) is 22.4 Å². The number of hydrogen-bond donors (Lipinski definition) is 2. The lowest BCUT2D eigenvalue weighted by atomic mass is 9.99. The monoisotopic (exact) mass is 490 g/mol. The Hall–Kier alpha value is -2.89. The fourth-order valence-corrected chi connectivity index (χ4v) is 4.12. The molecule has 0 aliphatic rings. The molecule has 1 aromatic heterocycles. The van der Waals surface area contributed by atoms with E-state index in [1.165, 1.54) is 12.1 Å². The molecule has 30 heavy (non-hydrogen) atoms. The predicted octanol–water partition coefficient (Wildman–Crippen LogP) is 5.79. The minimum absolute atomic E-state index is 0.0596. The summed E-state index contributed by atoms with van der Waals surface area (Å²) in [5.74, 6) is -1.86. The Kier molecular flexibility index (Phi) is 6.44. The number of nitriles is 1. The molecular weight excluding hydrogens is 475 g/mol. The van der Waals surface area contributed by atoms with E-state index in [1.807, 2.05) is 19.9 Å². The largest absolute Gasteiger partial charge is 0.476 e. The third-order valence-corrected chi connectivity index (χ3v) is 5.37. The first kappa shape index (κ1) is 21.8. The highest BCUT2D eigenvalue weighted by Crippen LogP contribution is 2.35. The number of carboxylic acid groups (broad SMARTS) is 1. The van der Waals surface area contributed by atoms with Crippen LogP contribution < -0.4 is 5.32 Å². The van der Waals surface area contributed by atoms with Crippen molar-refractivity contribution in [2.24, 2.45) is 0 Å². The van der Waals surface area contributed by atoms with Crippen LogP contribution >= 0.6 is 27.5 Å². The molecule has 1 atom stereocenters. The molecule has 0 spiro atoms. The minimum Gasteiger partial charge on any atom is -0.476 e. The highest BCUT2D eigenvalue weighted by Gasteiger charge is 2.30. The molecule has 154 valence electrons. The normalized spacial score (nSPS) is 11.9. The Bertz CT molecular complexity index is 1140. The molecule has 0 radical (unpaired) electrons. The molecule has 3 aromatic rings. The second-order valence-corrected chi connectivity index (χ2v) is 7.91. The topological polar surface area (TPSA) is 90.9 Å². The van der Waals surface area contributed by atoms with Crippen molar-refractivity contribution in [1.82, 2.24) is 9.55 Å². The summed E-state index contributed by atoms with van der Waals surface area (Å²) >= 11 is 9.26. The maximum atomic E-state index is 14.7. The zero-order chi connectivity index (χ0) is 22.0. The van der Waals surface area contributed by atoms with Crippen molar-refractivity contribution in [3.63, 3.8) is 0 Å². The van der Waals surface area contributed by atoms with Gasteiger partial charge in [-0.15, -0.1) is 0 Å². The van der Waals surface area contributed by atoms with Crippen LogP contribution in [0.5, 0.6) is 0 Å². The molecule has 0 fully saturated rings. The molecule has 0 saturated heterocycles. The quantitative estimate of drug-likeness (QED) is 0.455. The van der Waals surface area contributed by atoms with Gasteiger partial charge in [-0.05, 0) is 59.6 Å². The van der Waals surface area contributed by atoms with Gasteiger partial charge in [0.25, 0.3) is 0 Å². The number of carbonyl (C=O) groups is 1. The maximum absolute atomic E-state index is 14.7. The molecule has 9 heteroatoms. The van der Waals surface area contributed by atoms with Gasteiger partial charge in [0, 0.05) is 6.04 Å². The Morgan fingerprint density at radius 3 is 2.53 bits per heavy atom. The number of nitrogens with zero attached hydrogens (tertiary/aromatic N) is 3. The van der Waals surface area contributed by atoms with Gasteiger partial charge in [0.15, 0.2) is 16.2 Å². The van der Waals surface area contributed by atoms with Gasteiger partial charge in [-0.1, -0.05) is 29.8 Å². The van der Waals surface area contributed by atoms with Gasteiger partial charge in [0.2, 0.25) is 0 Å². The summed E-state index contributed by atoms with van der Waals surface area (Å²) < 4.78 is 16.7. The number of hydrogen-bond acceptors (Lipinski definition) is 4. The number of carboxylic acids is 1. The van der Waals surface area contributed by atoms with E-state index in [0.29, 0.717) is 21.6 Å². The molecule has 0 saturated carbocycles. The van der Waals surface area contributed by atoms with Crippen molar-refractivity contribution >= 4 is 39.2 Å². The Morgan fingerprint density at radius 2 is 1.97 bits per heavy atom. The molecular formula is C21H17BrClFN4O2. The summed E-state index contributed by atoms with van der Waals surface area (Å²) in [5.41, 5.74) is 1.36. The molecule has 2 N–H and O–H groups in total. The van der Waals surface area contributed by atoms with E-state index in [0.717, 1.165) is 0 Å². The smallest absolute Gasteiger partial charge is 0.356 e. The van der Waals surface area contributed by atoms with Gasteiger partial charge in [0.1, 0.15) is 0 Å². The average molecular weight is 492 g/mol. The summed E-state index contributed by atoms with van der Waals surface area (Å²) in [6, 6.07) is 12.3. The van der Waals surface area contributed by atoms with Crippen molar-refractivity contribution in [1.29, 1.82) is 5.26 Å². The second-order valence-electron chi connectivity index (χ2n) is 6.80. The summed E-state index contributed by atoms with van der Waals surface area (Å²) in [4.78, 5) is 16.1. The first-order valence-corrected chi connectivity index (χ1v) is 10.1. The molecule has 1 heterocycles. The van der Waals surface area contributed by atoms with Gasteiger partial charge in [0.05, 0.1) is 34.1 Å². The standard InChI is InChI=1S/C21H17BrClFN4O2/c1-11(2)28-19(18(20(29)30)27-21(28)22)17(13-8-6-12(10-25)7-9-13)26-15-5-3-4-14(23)16(15)24/h3-9,11,17,26H,1-2H3,(H,29,30). The molecule has 6 nitrogen and oxygen atoms in total. The van der Waals surface area contributed by atoms with Gasteiger partial charge in [-0.2, -0.15) is 5.26 Å². The van der Waals surface area contributed by atoms with Crippen molar-refractivity contribution in [3.8, 4) is 6.07 Å². The third kappa shape index (κ3) is 4.18. The van der Waals surface area contributed by atoms with E-state index in [9.17, 15) is 14.3 Å². The van der Waals surface area contributed by atoms with Crippen LogP contribution in [0, 0.1) is 17.1 Å². The first-order chi connectivity index (χ1) is 14.2. The summed E-state index contributed by atoms with van der Waals surface area (Å²) in [6.07, 6.45) is 0. The number of rotatable bonds is 6. The van der Waals surface area contributed by atoms with E-state index >= 15 is 0 Å². The lowest BCUT2D eigenvalue weighted by Gasteiger charge is -2.25. The van der Waals surface area contributed by atoms with Crippen LogP contribution in [0.1, 0.15) is 53.2 Å². The molecule has 0 bridgehead atoms. The van der Waals surface area contributed by atoms with Gasteiger partial charge >= 0.3 is 5.97 Å². The van der Waals surface area contributed by atoms with Gasteiger partial charge in [-0.3, -0.25) is 0 Å². The van der Waals surface area contributed by atoms with E-state index in [1.54, 1.807) is 34.9 Å². The number of aromatic carboxylic acids is 1. The van der Waals surface area contributed by atoms with Crippen LogP contribution in [-0.4, -0.2) is 20.6 Å². The van der Waals surface area contributed by atoms with Crippen LogP contribution in [-0.2, 0) is 0 Å². The molecule has 0 amide bonds. The number of aromatic nitrogens is 2. The summed E-state index contributed by atoms with van der Waals surface area (Å²) in [6.45, 7) is 3.77. The second kappa shape index (κ2) is 8.86. The maximum Gasteiger partial charge on any atom is 0.356 e. The van der Waals surface area contributed by atoms with Crippen LogP contribution in [0.15, 0.2) is 47.2 Å². The Balaban J connectivity index is 2.25. The fraction of sp³-hybridized carbons (Fsp3) is 0.190. The van der Waals surface area contributed by atoms with Crippen molar-refractivity contribution in [2.45, 2.75) is 25.9 Å². The first-order valence-electron chi connectivity index (χ1n) is 8.96. The van der Waals surface area contributed by atoms with Gasteiger partial charge in [-0.25, -0.2) is 14.2 Å². The number of anilines is 1. The number of benzene rings is 2. The number of imidazole rings is 1. The zero-order valence-electron chi connectivity index (χ0n) is 16.0. The highest BCUT2D eigenvalue weighted by molar-refractivity contribution is 9.10. The van der Waals surface area contributed by atoms with Crippen LogP contribution in [0.2, 0.25) is 5.02 Å². The van der Waals surface area contributed by atoms with E-state index in [4.69, 9.17) is 16.9 Å². The Labute approximate surface area is 186 Å². The molecule has 1 unspecified atom stereocenters. The van der Waals surface area contributed by atoms with Crippen LogP contribution in [0.3, 0.4) is 0 Å². The Morgan fingerprint density at radius 1 is 1.30 bits per heavy atom. The van der Waals surface area contributed by atoms with Crippen molar-refractivity contribution in [2.75, 3.05) is 5.32 Å². The lowest BCUT2D eigenvalue weighted by molar-refractivity contribution is 0.0689. The van der Waals surface area contributed by atoms with E-state index in [2.05, 4.69) is 26.2 Å². The van der Waals surface area contributed by atoms with Crippen molar-refractivity contribution in [3.05, 3.63) is 80.6 Å². The molecule has 2 aromatic carbocycles. The van der Waals surface area contributed by atoms with Gasteiger partial charge < -0.3 is 15.0 Å². The number of halogens is 3. The summed E-state index contributed by atoms with van der Waals surface area (Å²) in [5, 5.41) is 21.9. The van der Waals surface area contributed by atoms with Crippen LogP contribution in [0.4, 0.5) is 10.1 Å². The lowest BCUT2D eigenvalue weighted by Crippen LogP contribution is -2.21. The highest BCUT2D eigenvalue weighted by atomic mass is 79.9. The summed E-state index contributed by atoms with van der Waals surface area (Å²) in [7, 11) is 0. The zero-order valence-corrected chi connectivity index (χ0v) is 18.4. The molecule has 3 rings (SSSR count). The minimum atomic E-state index is -1.21. The average Bonchev–Trinajstić information content (AvgIpc) is 3.06. The number of nitrogens with one attached hydrogen (secondary N) is 1. The fourth-order valence-electron chi connectivity index (χ4n) is 3.17. The molecule has 0 aliphatic heterocycles. The SMILES string of the molecule is CC(C)n1c(Br)nc(C(=O)O)c1C(Nc1cccc(Cl)c1F)c1ccc(C#N)cc1. The third-order valence-electron chi connectivity index (χ3n) is 4.52.